The number of carbonyl (C=O) groups excluding carboxylic acids is 1. The molecule has 1 amide bonds. The van der Waals surface area contributed by atoms with Crippen LogP contribution in [0.15, 0.2) is 45.9 Å². The van der Waals surface area contributed by atoms with E-state index in [1.54, 1.807) is 6.07 Å². The van der Waals surface area contributed by atoms with Crippen molar-refractivity contribution in [2.45, 2.75) is 25.8 Å². The average Bonchev–Trinajstić information content (AvgIpc) is 3.10. The molecule has 1 unspecified atom stereocenters. The number of aliphatic imine (C=N–C) groups is 1. The molecule has 1 aliphatic rings. The van der Waals surface area contributed by atoms with Gasteiger partial charge in [-0.15, -0.1) is 0 Å². The van der Waals surface area contributed by atoms with E-state index in [0.29, 0.717) is 17.2 Å². The van der Waals surface area contributed by atoms with Gasteiger partial charge in [-0.2, -0.15) is 0 Å². The maximum atomic E-state index is 14.6. The molecule has 2 aromatic carbocycles. The summed E-state index contributed by atoms with van der Waals surface area (Å²) >= 11 is 7.59. The molecule has 3 aromatic rings. The summed E-state index contributed by atoms with van der Waals surface area (Å²) in [6, 6.07) is 8.52. The molecule has 1 aromatic heterocycles. The number of nitrogens with zero attached hydrogens (tertiary/aromatic N) is 2. The highest BCUT2D eigenvalue weighted by molar-refractivity contribution is 8.13. The number of carbonyl (C=O) groups is 1. The zero-order valence-electron chi connectivity index (χ0n) is 17.2. The molecular weight excluding hydrogens is 458 g/mol. The van der Waals surface area contributed by atoms with E-state index in [-0.39, 0.29) is 33.3 Å². The number of nitrogens with two attached hydrogens (primary N) is 1. The molecule has 10 heteroatoms. The van der Waals surface area contributed by atoms with Crippen molar-refractivity contribution in [3.63, 3.8) is 0 Å². The summed E-state index contributed by atoms with van der Waals surface area (Å²) in [6.07, 6.45) is 0.706. The van der Waals surface area contributed by atoms with Crippen molar-refractivity contribution in [2.75, 3.05) is 11.1 Å². The Balaban J connectivity index is 1.71. The first-order valence-electron chi connectivity index (χ1n) is 9.70. The number of rotatable bonds is 4. The molecule has 166 valence electrons. The van der Waals surface area contributed by atoms with Gasteiger partial charge in [0.15, 0.2) is 5.17 Å². The van der Waals surface area contributed by atoms with Crippen LogP contribution in [0.3, 0.4) is 0 Å². The Kier molecular flexibility index (Phi) is 5.96. The first kappa shape index (κ1) is 22.3. The predicted molar refractivity (Wildman–Crippen MR) is 122 cm³/mol. The van der Waals surface area contributed by atoms with Crippen molar-refractivity contribution in [2.24, 2.45) is 10.7 Å². The smallest absolute Gasteiger partial charge is 0.261 e. The fraction of sp³-hybridized carbons (Fsp3) is 0.227. The van der Waals surface area contributed by atoms with Crippen molar-refractivity contribution in [1.29, 1.82) is 0 Å². The number of amidine groups is 1. The quantitative estimate of drug-likeness (QED) is 0.518. The zero-order chi connectivity index (χ0) is 23.0. The minimum atomic E-state index is -0.707. The van der Waals surface area contributed by atoms with Gasteiger partial charge in [0.2, 0.25) is 0 Å². The molecule has 0 bridgehead atoms. The van der Waals surface area contributed by atoms with E-state index < -0.39 is 23.1 Å². The molecule has 0 saturated heterocycles. The van der Waals surface area contributed by atoms with E-state index >= 15 is 0 Å². The van der Waals surface area contributed by atoms with E-state index in [1.807, 2.05) is 6.92 Å². The molecule has 1 aliphatic heterocycles. The van der Waals surface area contributed by atoms with Gasteiger partial charge in [0.25, 0.3) is 5.91 Å². The Morgan fingerprint density at radius 3 is 2.78 bits per heavy atom. The first-order valence-corrected chi connectivity index (χ1v) is 11.1. The standard InChI is InChI=1S/C22H19ClF2N4O2S/c1-11-17(19(29-31-11)18-13(23)4-3-5-15(18)25)20(30)27-16-10-12(6-7-14(16)24)22(2)8-9-32-21(26)28-22/h3-7,10H,8-9H2,1-2H3,(H2,26,28)(H,27,30). The summed E-state index contributed by atoms with van der Waals surface area (Å²) in [4.78, 5) is 17.6. The van der Waals surface area contributed by atoms with E-state index in [9.17, 15) is 13.6 Å². The number of hydrogen-bond donors (Lipinski definition) is 2. The van der Waals surface area contributed by atoms with Gasteiger partial charge >= 0.3 is 0 Å². The largest absolute Gasteiger partial charge is 0.379 e. The summed E-state index contributed by atoms with van der Waals surface area (Å²) < 4.78 is 34.2. The molecule has 3 N–H and O–H groups in total. The molecule has 32 heavy (non-hydrogen) atoms. The van der Waals surface area contributed by atoms with Gasteiger partial charge in [0.05, 0.1) is 21.8 Å². The molecule has 4 rings (SSSR count). The van der Waals surface area contributed by atoms with Crippen LogP contribution in [0.25, 0.3) is 11.3 Å². The van der Waals surface area contributed by atoms with E-state index in [4.69, 9.17) is 21.9 Å². The highest BCUT2D eigenvalue weighted by Gasteiger charge is 2.31. The summed E-state index contributed by atoms with van der Waals surface area (Å²) in [5.41, 5.74) is 5.74. The molecule has 0 spiro atoms. The normalized spacial score (nSPS) is 18.3. The Morgan fingerprint density at radius 1 is 1.28 bits per heavy atom. The Bertz CT molecular complexity index is 1230. The van der Waals surface area contributed by atoms with Crippen LogP contribution >= 0.6 is 23.4 Å². The van der Waals surface area contributed by atoms with Crippen LogP contribution in [0.1, 0.15) is 35.0 Å². The van der Waals surface area contributed by atoms with Crippen LogP contribution in [-0.4, -0.2) is 22.0 Å². The summed E-state index contributed by atoms with van der Waals surface area (Å²) in [5, 5.41) is 6.89. The number of amides is 1. The molecule has 0 saturated carbocycles. The van der Waals surface area contributed by atoms with Crippen molar-refractivity contribution in [3.8, 4) is 11.3 Å². The maximum Gasteiger partial charge on any atom is 0.261 e. The first-order chi connectivity index (χ1) is 15.2. The van der Waals surface area contributed by atoms with Crippen LogP contribution in [0, 0.1) is 18.6 Å². The second-order valence-electron chi connectivity index (χ2n) is 7.53. The lowest BCUT2D eigenvalue weighted by molar-refractivity contribution is 0.102. The van der Waals surface area contributed by atoms with E-state index in [1.165, 1.54) is 49.0 Å². The number of nitrogens with one attached hydrogen (secondary N) is 1. The van der Waals surface area contributed by atoms with Gasteiger partial charge < -0.3 is 15.6 Å². The fourth-order valence-electron chi connectivity index (χ4n) is 3.57. The molecule has 1 atom stereocenters. The Labute approximate surface area is 192 Å². The average molecular weight is 477 g/mol. The highest BCUT2D eigenvalue weighted by Crippen LogP contribution is 2.37. The third kappa shape index (κ3) is 4.10. The molecule has 6 nitrogen and oxygen atoms in total. The van der Waals surface area contributed by atoms with E-state index in [0.717, 1.165) is 5.75 Å². The minimum absolute atomic E-state index is 0.0376. The van der Waals surface area contributed by atoms with Crippen molar-refractivity contribution >= 4 is 40.1 Å². The van der Waals surface area contributed by atoms with Crippen LogP contribution in [0.2, 0.25) is 5.02 Å². The van der Waals surface area contributed by atoms with Crippen molar-refractivity contribution in [1.82, 2.24) is 5.16 Å². The van der Waals surface area contributed by atoms with Crippen molar-refractivity contribution < 1.29 is 18.1 Å². The SMILES string of the molecule is Cc1onc(-c2c(F)cccc2Cl)c1C(=O)Nc1cc(C2(C)CCSC(N)=N2)ccc1F. The topological polar surface area (TPSA) is 93.5 Å². The second-order valence-corrected chi connectivity index (χ2v) is 9.05. The van der Waals surface area contributed by atoms with Gasteiger partial charge in [0.1, 0.15) is 28.7 Å². The Morgan fingerprint density at radius 2 is 2.06 bits per heavy atom. The summed E-state index contributed by atoms with van der Waals surface area (Å²) in [6.45, 7) is 3.41. The maximum absolute atomic E-state index is 14.6. The van der Waals surface area contributed by atoms with Crippen LogP contribution in [0.5, 0.6) is 0 Å². The minimum Gasteiger partial charge on any atom is -0.379 e. The number of thioether (sulfide) groups is 1. The number of halogens is 3. The lowest BCUT2D eigenvalue weighted by Crippen LogP contribution is -2.29. The lowest BCUT2D eigenvalue weighted by atomic mass is 9.89. The number of aryl methyl sites for hydroxylation is 1. The molecule has 2 heterocycles. The van der Waals surface area contributed by atoms with Crippen molar-refractivity contribution in [3.05, 3.63) is 69.9 Å². The van der Waals surface area contributed by atoms with Crippen LogP contribution in [-0.2, 0) is 5.54 Å². The lowest BCUT2D eigenvalue weighted by Gasteiger charge is -2.30. The number of hydrogen-bond acceptors (Lipinski definition) is 6. The Hall–Kier alpha value is -2.91. The van der Waals surface area contributed by atoms with E-state index in [2.05, 4.69) is 15.5 Å². The van der Waals surface area contributed by atoms with Gasteiger partial charge in [-0.25, -0.2) is 8.78 Å². The van der Waals surface area contributed by atoms with Gasteiger partial charge in [-0.1, -0.05) is 40.7 Å². The molecule has 0 fully saturated rings. The monoisotopic (exact) mass is 476 g/mol. The van der Waals surface area contributed by atoms with Gasteiger partial charge in [0, 0.05) is 5.75 Å². The molecule has 0 aliphatic carbocycles. The second kappa shape index (κ2) is 8.55. The number of aromatic nitrogens is 1. The molecule has 0 radical (unpaired) electrons. The number of anilines is 1. The predicted octanol–water partition coefficient (Wildman–Crippen LogP) is 5.50. The van der Waals surface area contributed by atoms with Gasteiger partial charge in [-0.05, 0) is 50.1 Å². The van der Waals surface area contributed by atoms with Crippen LogP contribution in [0.4, 0.5) is 14.5 Å². The number of benzene rings is 2. The third-order valence-corrected chi connectivity index (χ3v) is 6.43. The highest BCUT2D eigenvalue weighted by atomic mass is 35.5. The third-order valence-electron chi connectivity index (χ3n) is 5.32. The van der Waals surface area contributed by atoms with Crippen LogP contribution < -0.4 is 11.1 Å². The fourth-order valence-corrected chi connectivity index (χ4v) is 4.80. The summed E-state index contributed by atoms with van der Waals surface area (Å²) in [5.74, 6) is -1.08. The molecular formula is C22H19ClF2N4O2S. The summed E-state index contributed by atoms with van der Waals surface area (Å²) in [7, 11) is 0. The zero-order valence-corrected chi connectivity index (χ0v) is 18.8. The van der Waals surface area contributed by atoms with Gasteiger partial charge in [-0.3, -0.25) is 9.79 Å².